The molecule has 0 bridgehead atoms. The molecule has 2 heteroatoms. The van der Waals surface area contributed by atoms with Crippen LogP contribution in [0.15, 0.2) is 145 Å². The molecule has 0 fully saturated rings. The van der Waals surface area contributed by atoms with Gasteiger partial charge in [0.1, 0.15) is 0 Å². The molecular formula is C33H26N2. The summed E-state index contributed by atoms with van der Waals surface area (Å²) in [5.41, 5.74) is 8.38. The van der Waals surface area contributed by atoms with Crippen molar-refractivity contribution in [1.29, 1.82) is 0 Å². The van der Waals surface area contributed by atoms with E-state index in [1.165, 1.54) is 11.1 Å². The molecule has 168 valence electrons. The highest BCUT2D eigenvalue weighted by atomic mass is 15.0. The minimum absolute atomic E-state index is 0.499. The molecule has 1 heterocycles. The molecule has 0 unspecified atom stereocenters. The Kier molecular flexibility index (Phi) is 5.48. The fraction of sp³-hybridized carbons (Fsp3) is 0.0606. The van der Waals surface area contributed by atoms with Gasteiger partial charge in [0.05, 0.1) is 16.9 Å². The standard InChI is InChI=1S/C33H26N2/c1-4-14-25(15-5-1)24-33(27-18-8-3-9-19-27)29-21-11-13-23-31(29)34-32(26-16-6-2-7-17-26)28-20-10-12-22-30(28)35-33/h1-23,35H,24H2/t33-/m0/s1. The predicted molar refractivity (Wildman–Crippen MR) is 146 cm³/mol. The highest BCUT2D eigenvalue weighted by molar-refractivity contribution is 6.17. The highest BCUT2D eigenvalue weighted by Gasteiger charge is 2.38. The van der Waals surface area contributed by atoms with Crippen LogP contribution in [0.1, 0.15) is 27.8 Å². The van der Waals surface area contributed by atoms with Gasteiger partial charge in [-0.3, -0.25) is 0 Å². The first-order valence-electron chi connectivity index (χ1n) is 12.0. The summed E-state index contributed by atoms with van der Waals surface area (Å²) in [5, 5.41) is 4.05. The Labute approximate surface area is 206 Å². The lowest BCUT2D eigenvalue weighted by Crippen LogP contribution is -2.40. The molecule has 35 heavy (non-hydrogen) atoms. The van der Waals surface area contributed by atoms with E-state index in [1.54, 1.807) is 0 Å². The zero-order valence-corrected chi connectivity index (χ0v) is 19.4. The summed E-state index contributed by atoms with van der Waals surface area (Å²) in [7, 11) is 0. The third kappa shape index (κ3) is 3.94. The van der Waals surface area contributed by atoms with Gasteiger partial charge in [0.15, 0.2) is 0 Å². The van der Waals surface area contributed by atoms with Gasteiger partial charge in [0, 0.05) is 28.8 Å². The SMILES string of the molecule is c1ccc(C[C@@]2(c3ccccc3)Nc3ccccc3C(c3ccccc3)=Nc3ccccc32)cc1. The van der Waals surface area contributed by atoms with Crippen LogP contribution >= 0.6 is 0 Å². The molecule has 0 aliphatic carbocycles. The van der Waals surface area contributed by atoms with E-state index in [1.807, 2.05) is 6.07 Å². The second kappa shape index (κ2) is 9.08. The molecular weight excluding hydrogens is 424 g/mol. The Morgan fingerprint density at radius 1 is 0.571 bits per heavy atom. The molecule has 1 aliphatic heterocycles. The van der Waals surface area contributed by atoms with Gasteiger partial charge in [-0.1, -0.05) is 127 Å². The average molecular weight is 451 g/mol. The van der Waals surface area contributed by atoms with Crippen LogP contribution in [-0.4, -0.2) is 5.71 Å². The second-order valence-corrected chi connectivity index (χ2v) is 8.95. The third-order valence-corrected chi connectivity index (χ3v) is 6.75. The van der Waals surface area contributed by atoms with Gasteiger partial charge in [-0.2, -0.15) is 0 Å². The number of para-hydroxylation sites is 2. The molecule has 6 rings (SSSR count). The summed E-state index contributed by atoms with van der Waals surface area (Å²) in [6, 6.07) is 49.0. The molecule has 0 spiro atoms. The van der Waals surface area contributed by atoms with Crippen molar-refractivity contribution in [1.82, 2.24) is 0 Å². The lowest BCUT2D eigenvalue weighted by atomic mass is 9.76. The number of nitrogens with zero attached hydrogens (tertiary/aromatic N) is 1. The van der Waals surface area contributed by atoms with Crippen molar-refractivity contribution >= 4 is 17.1 Å². The number of hydrogen-bond donors (Lipinski definition) is 1. The third-order valence-electron chi connectivity index (χ3n) is 6.75. The fourth-order valence-corrected chi connectivity index (χ4v) is 5.12. The first-order chi connectivity index (χ1) is 17.3. The summed E-state index contributed by atoms with van der Waals surface area (Å²) in [5.74, 6) is 0. The van der Waals surface area contributed by atoms with Crippen LogP contribution < -0.4 is 5.32 Å². The quantitative estimate of drug-likeness (QED) is 0.297. The zero-order chi connectivity index (χ0) is 23.5. The normalized spacial score (nSPS) is 16.6. The van der Waals surface area contributed by atoms with Crippen LogP contribution in [0.25, 0.3) is 0 Å². The molecule has 0 saturated carbocycles. The van der Waals surface area contributed by atoms with Gasteiger partial charge >= 0.3 is 0 Å². The van der Waals surface area contributed by atoms with Gasteiger partial charge in [-0.15, -0.1) is 0 Å². The summed E-state index contributed by atoms with van der Waals surface area (Å²) >= 11 is 0. The van der Waals surface area contributed by atoms with Gasteiger partial charge in [-0.25, -0.2) is 4.99 Å². The van der Waals surface area contributed by atoms with E-state index in [9.17, 15) is 0 Å². The summed E-state index contributed by atoms with van der Waals surface area (Å²) < 4.78 is 0. The first-order valence-corrected chi connectivity index (χ1v) is 12.0. The van der Waals surface area contributed by atoms with Crippen molar-refractivity contribution in [3.8, 4) is 0 Å². The highest BCUT2D eigenvalue weighted by Crippen LogP contribution is 2.44. The molecule has 0 amide bonds. The molecule has 1 aliphatic rings. The maximum atomic E-state index is 5.35. The predicted octanol–water partition coefficient (Wildman–Crippen LogP) is 7.77. The molecule has 1 atom stereocenters. The van der Waals surface area contributed by atoms with Crippen molar-refractivity contribution in [2.75, 3.05) is 5.32 Å². The molecule has 0 radical (unpaired) electrons. The van der Waals surface area contributed by atoms with Crippen molar-refractivity contribution in [2.45, 2.75) is 12.0 Å². The van der Waals surface area contributed by atoms with E-state index in [4.69, 9.17) is 4.99 Å². The van der Waals surface area contributed by atoms with Crippen LogP contribution in [0.5, 0.6) is 0 Å². The van der Waals surface area contributed by atoms with Crippen LogP contribution in [-0.2, 0) is 12.0 Å². The van der Waals surface area contributed by atoms with Gasteiger partial charge < -0.3 is 5.32 Å². The van der Waals surface area contributed by atoms with Crippen molar-refractivity contribution < 1.29 is 0 Å². The molecule has 2 nitrogen and oxygen atoms in total. The van der Waals surface area contributed by atoms with E-state index >= 15 is 0 Å². The topological polar surface area (TPSA) is 24.4 Å². The lowest BCUT2D eigenvalue weighted by Gasteiger charge is -2.40. The molecule has 5 aromatic rings. The van der Waals surface area contributed by atoms with Crippen LogP contribution in [0.3, 0.4) is 0 Å². The first kappa shape index (κ1) is 21.1. The Balaban J connectivity index is 1.68. The second-order valence-electron chi connectivity index (χ2n) is 8.95. The van der Waals surface area contributed by atoms with Gasteiger partial charge in [-0.05, 0) is 23.3 Å². The number of fused-ring (bicyclic) bond motifs is 2. The number of anilines is 1. The van der Waals surface area contributed by atoms with Crippen LogP contribution in [0, 0.1) is 0 Å². The van der Waals surface area contributed by atoms with Crippen LogP contribution in [0.4, 0.5) is 11.4 Å². The molecule has 5 aromatic carbocycles. The number of benzene rings is 5. The molecule has 0 aromatic heterocycles. The maximum Gasteiger partial charge on any atom is 0.0941 e. The summed E-state index contributed by atoms with van der Waals surface area (Å²) in [6.45, 7) is 0. The Bertz CT molecular complexity index is 1470. The molecule has 1 N–H and O–H groups in total. The number of nitrogens with one attached hydrogen (secondary N) is 1. The summed E-state index contributed by atoms with van der Waals surface area (Å²) in [6.07, 6.45) is 0.791. The Hall–Kier alpha value is -4.43. The van der Waals surface area contributed by atoms with E-state index in [0.29, 0.717) is 0 Å². The lowest BCUT2D eigenvalue weighted by molar-refractivity contribution is 0.585. The fourth-order valence-electron chi connectivity index (χ4n) is 5.12. The van der Waals surface area contributed by atoms with E-state index < -0.39 is 5.54 Å². The van der Waals surface area contributed by atoms with Gasteiger partial charge in [0.25, 0.3) is 0 Å². The Morgan fingerprint density at radius 2 is 1.17 bits per heavy atom. The monoisotopic (exact) mass is 450 g/mol. The molecule has 0 saturated heterocycles. The largest absolute Gasteiger partial charge is 0.371 e. The maximum absolute atomic E-state index is 5.35. The van der Waals surface area contributed by atoms with Crippen LogP contribution in [0.2, 0.25) is 0 Å². The Morgan fingerprint density at radius 3 is 1.94 bits per heavy atom. The minimum Gasteiger partial charge on any atom is -0.371 e. The minimum atomic E-state index is -0.499. The number of hydrogen-bond acceptors (Lipinski definition) is 2. The van der Waals surface area contributed by atoms with E-state index in [2.05, 4.69) is 139 Å². The summed E-state index contributed by atoms with van der Waals surface area (Å²) in [4.78, 5) is 5.35. The number of rotatable bonds is 4. The average Bonchev–Trinajstić information content (AvgIpc) is 2.93. The van der Waals surface area contributed by atoms with E-state index in [-0.39, 0.29) is 0 Å². The van der Waals surface area contributed by atoms with Crippen molar-refractivity contribution in [2.24, 2.45) is 4.99 Å². The van der Waals surface area contributed by atoms with Crippen molar-refractivity contribution in [3.63, 3.8) is 0 Å². The van der Waals surface area contributed by atoms with E-state index in [0.717, 1.165) is 40.2 Å². The zero-order valence-electron chi connectivity index (χ0n) is 19.4. The van der Waals surface area contributed by atoms with Gasteiger partial charge in [0.2, 0.25) is 0 Å². The van der Waals surface area contributed by atoms with Crippen molar-refractivity contribution in [3.05, 3.63) is 167 Å². The number of aliphatic imine (C=N–C) groups is 1. The smallest absolute Gasteiger partial charge is 0.0941 e.